The van der Waals surface area contributed by atoms with Gasteiger partial charge in [0, 0.05) is 7.05 Å². The molecule has 7 heteroatoms. The van der Waals surface area contributed by atoms with E-state index in [9.17, 15) is 14.0 Å². The van der Waals surface area contributed by atoms with Gasteiger partial charge in [-0.1, -0.05) is 25.0 Å². The Morgan fingerprint density at radius 2 is 1.93 bits per heavy atom. The van der Waals surface area contributed by atoms with Crippen LogP contribution in [0.2, 0.25) is 0 Å². The third-order valence-corrected chi connectivity index (χ3v) is 6.62. The van der Waals surface area contributed by atoms with E-state index in [0.717, 1.165) is 31.2 Å². The standard InChI is InChI=1S/C20H20FN3O2S/c1-12-15-18(22-11-24(2)19(15)26)27-16(12)17(25)23-20(9-3-4-10-20)13-5-7-14(21)8-6-13/h5-8,11H,3-4,9-10H2,1-2H3,(H,23,25). The van der Waals surface area contributed by atoms with E-state index in [1.807, 2.05) is 0 Å². The number of nitrogens with zero attached hydrogens (tertiary/aromatic N) is 2. The summed E-state index contributed by atoms with van der Waals surface area (Å²) in [5, 5.41) is 3.69. The van der Waals surface area contributed by atoms with Gasteiger partial charge in [0.25, 0.3) is 11.5 Å². The summed E-state index contributed by atoms with van der Waals surface area (Å²) in [4.78, 5) is 30.9. The summed E-state index contributed by atoms with van der Waals surface area (Å²) >= 11 is 1.24. The Hall–Kier alpha value is -2.54. The quantitative estimate of drug-likeness (QED) is 0.749. The minimum absolute atomic E-state index is 0.151. The highest BCUT2D eigenvalue weighted by Gasteiger charge is 2.38. The number of aromatic nitrogens is 2. The zero-order valence-electron chi connectivity index (χ0n) is 15.2. The molecule has 0 bridgehead atoms. The van der Waals surface area contributed by atoms with E-state index in [-0.39, 0.29) is 17.3 Å². The maximum atomic E-state index is 13.3. The van der Waals surface area contributed by atoms with E-state index >= 15 is 0 Å². The number of carbonyl (C=O) groups is 1. The van der Waals surface area contributed by atoms with Crippen LogP contribution in [0, 0.1) is 12.7 Å². The van der Waals surface area contributed by atoms with Crippen molar-refractivity contribution in [3.63, 3.8) is 0 Å². The molecule has 2 aromatic heterocycles. The summed E-state index contributed by atoms with van der Waals surface area (Å²) in [6, 6.07) is 6.35. The van der Waals surface area contributed by atoms with E-state index in [1.165, 1.54) is 34.4 Å². The van der Waals surface area contributed by atoms with Crippen molar-refractivity contribution in [3.05, 3.63) is 62.8 Å². The van der Waals surface area contributed by atoms with E-state index < -0.39 is 5.54 Å². The number of fused-ring (bicyclic) bond motifs is 1. The van der Waals surface area contributed by atoms with Gasteiger partial charge in [0.05, 0.1) is 22.1 Å². The molecule has 1 aliphatic rings. The lowest BCUT2D eigenvalue weighted by atomic mass is 9.88. The highest BCUT2D eigenvalue weighted by Crippen LogP contribution is 2.39. The SMILES string of the molecule is Cc1c(C(=O)NC2(c3ccc(F)cc3)CCCC2)sc2ncn(C)c(=O)c12. The molecule has 140 valence electrons. The number of hydrogen-bond donors (Lipinski definition) is 1. The molecule has 2 heterocycles. The van der Waals surface area contributed by atoms with Crippen molar-refractivity contribution in [2.45, 2.75) is 38.1 Å². The fourth-order valence-corrected chi connectivity index (χ4v) is 4.97. The number of carbonyl (C=O) groups excluding carboxylic acids is 1. The van der Waals surface area contributed by atoms with Gasteiger partial charge < -0.3 is 9.88 Å². The Morgan fingerprint density at radius 1 is 1.26 bits per heavy atom. The van der Waals surface area contributed by atoms with Crippen molar-refractivity contribution in [2.75, 3.05) is 0 Å². The smallest absolute Gasteiger partial charge is 0.262 e. The number of benzene rings is 1. The molecule has 0 atom stereocenters. The molecule has 1 aromatic carbocycles. The van der Waals surface area contributed by atoms with E-state index in [2.05, 4.69) is 10.3 Å². The van der Waals surface area contributed by atoms with Gasteiger partial charge in [-0.25, -0.2) is 9.37 Å². The van der Waals surface area contributed by atoms with Crippen molar-refractivity contribution >= 4 is 27.5 Å². The van der Waals surface area contributed by atoms with Crippen LogP contribution in [0.5, 0.6) is 0 Å². The fraction of sp³-hybridized carbons (Fsp3) is 0.350. The van der Waals surface area contributed by atoms with Crippen LogP contribution >= 0.6 is 11.3 Å². The molecule has 5 nitrogen and oxygen atoms in total. The molecule has 1 aliphatic carbocycles. The predicted octanol–water partition coefficient (Wildman–Crippen LogP) is 3.64. The van der Waals surface area contributed by atoms with Gasteiger partial charge in [-0.05, 0) is 43.0 Å². The van der Waals surface area contributed by atoms with Crippen molar-refractivity contribution < 1.29 is 9.18 Å². The molecule has 4 rings (SSSR count). The summed E-state index contributed by atoms with van der Waals surface area (Å²) in [5.74, 6) is -0.496. The van der Waals surface area contributed by atoms with Crippen LogP contribution in [0.25, 0.3) is 10.2 Å². The van der Waals surface area contributed by atoms with Gasteiger partial charge in [0.1, 0.15) is 10.6 Å². The second kappa shape index (κ2) is 6.56. The molecule has 1 amide bonds. The normalized spacial score (nSPS) is 16.0. The largest absolute Gasteiger partial charge is 0.342 e. The summed E-state index contributed by atoms with van der Waals surface area (Å²) in [5.41, 5.74) is 0.934. The van der Waals surface area contributed by atoms with Crippen LogP contribution in [0.15, 0.2) is 35.4 Å². The molecule has 0 saturated heterocycles. The molecular formula is C20H20FN3O2S. The van der Waals surface area contributed by atoms with Gasteiger partial charge in [0.15, 0.2) is 0 Å². The number of halogens is 1. The van der Waals surface area contributed by atoms with Gasteiger partial charge in [-0.3, -0.25) is 9.59 Å². The second-order valence-electron chi connectivity index (χ2n) is 7.15. The zero-order valence-corrected chi connectivity index (χ0v) is 16.0. The van der Waals surface area contributed by atoms with Crippen LogP contribution in [0.3, 0.4) is 0 Å². The van der Waals surface area contributed by atoms with Crippen molar-refractivity contribution in [1.82, 2.24) is 14.9 Å². The zero-order chi connectivity index (χ0) is 19.2. The highest BCUT2D eigenvalue weighted by atomic mass is 32.1. The third kappa shape index (κ3) is 2.96. The molecule has 1 fully saturated rings. The van der Waals surface area contributed by atoms with E-state index in [1.54, 1.807) is 26.1 Å². The van der Waals surface area contributed by atoms with Crippen LogP contribution in [-0.2, 0) is 12.6 Å². The number of nitrogens with one attached hydrogen (secondary N) is 1. The molecule has 3 aromatic rings. The van der Waals surface area contributed by atoms with Crippen LogP contribution < -0.4 is 10.9 Å². The Bertz CT molecular complexity index is 1080. The maximum Gasteiger partial charge on any atom is 0.262 e. The minimum atomic E-state index is -0.494. The summed E-state index contributed by atoms with van der Waals surface area (Å²) in [6.07, 6.45) is 5.11. The third-order valence-electron chi connectivity index (χ3n) is 5.42. The second-order valence-corrected chi connectivity index (χ2v) is 8.15. The van der Waals surface area contributed by atoms with Crippen molar-refractivity contribution in [1.29, 1.82) is 0 Å². The summed E-state index contributed by atoms with van der Waals surface area (Å²) < 4.78 is 14.8. The highest BCUT2D eigenvalue weighted by molar-refractivity contribution is 7.20. The molecule has 0 spiro atoms. The average Bonchev–Trinajstić information content (AvgIpc) is 3.24. The lowest BCUT2D eigenvalue weighted by Crippen LogP contribution is -2.43. The van der Waals surface area contributed by atoms with Gasteiger partial charge >= 0.3 is 0 Å². The van der Waals surface area contributed by atoms with E-state index in [4.69, 9.17) is 0 Å². The van der Waals surface area contributed by atoms with E-state index in [0.29, 0.717) is 20.7 Å². The van der Waals surface area contributed by atoms with Crippen molar-refractivity contribution in [3.8, 4) is 0 Å². The van der Waals surface area contributed by atoms with Gasteiger partial charge in [-0.15, -0.1) is 11.3 Å². The maximum absolute atomic E-state index is 13.3. The molecule has 0 unspecified atom stereocenters. The van der Waals surface area contributed by atoms with Crippen molar-refractivity contribution in [2.24, 2.45) is 7.05 Å². The molecule has 27 heavy (non-hydrogen) atoms. The Labute approximate surface area is 159 Å². The number of amides is 1. The lowest BCUT2D eigenvalue weighted by Gasteiger charge is -2.31. The van der Waals surface area contributed by atoms with Crippen LogP contribution in [0.1, 0.15) is 46.5 Å². The predicted molar refractivity (Wildman–Crippen MR) is 104 cm³/mol. The molecule has 1 saturated carbocycles. The first kappa shape index (κ1) is 17.9. The monoisotopic (exact) mass is 385 g/mol. The molecule has 0 radical (unpaired) electrons. The summed E-state index contributed by atoms with van der Waals surface area (Å²) in [6.45, 7) is 1.79. The first-order valence-electron chi connectivity index (χ1n) is 8.94. The van der Waals surface area contributed by atoms with Crippen LogP contribution in [-0.4, -0.2) is 15.5 Å². The van der Waals surface area contributed by atoms with Gasteiger partial charge in [-0.2, -0.15) is 0 Å². The minimum Gasteiger partial charge on any atom is -0.342 e. The fourth-order valence-electron chi connectivity index (χ4n) is 3.93. The summed E-state index contributed by atoms with van der Waals surface area (Å²) in [7, 11) is 1.65. The van der Waals surface area contributed by atoms with Gasteiger partial charge in [0.2, 0.25) is 0 Å². The molecule has 1 N–H and O–H groups in total. The first-order valence-corrected chi connectivity index (χ1v) is 9.76. The number of rotatable bonds is 3. The lowest BCUT2D eigenvalue weighted by molar-refractivity contribution is 0.0902. The number of hydrogen-bond acceptors (Lipinski definition) is 4. The average molecular weight is 385 g/mol. The first-order chi connectivity index (χ1) is 12.9. The topological polar surface area (TPSA) is 64.0 Å². The Morgan fingerprint density at radius 3 is 2.59 bits per heavy atom. The Kier molecular flexibility index (Phi) is 4.34. The number of aryl methyl sites for hydroxylation is 2. The molecular weight excluding hydrogens is 365 g/mol. The Balaban J connectivity index is 1.73. The van der Waals surface area contributed by atoms with Crippen LogP contribution in [0.4, 0.5) is 4.39 Å². The number of thiophene rings is 1. The molecule has 0 aliphatic heterocycles.